The van der Waals surface area contributed by atoms with Crippen LogP contribution in [-0.2, 0) is 0 Å². The monoisotopic (exact) mass is 283 g/mol. The van der Waals surface area contributed by atoms with E-state index < -0.39 is 0 Å². The van der Waals surface area contributed by atoms with Crippen molar-refractivity contribution in [3.8, 4) is 0 Å². The first-order valence-corrected chi connectivity index (χ1v) is 9.21. The molecule has 0 aliphatic carbocycles. The van der Waals surface area contributed by atoms with E-state index in [9.17, 15) is 0 Å². The van der Waals surface area contributed by atoms with E-state index in [-0.39, 0.29) is 0 Å². The molecule has 1 fully saturated rings. The van der Waals surface area contributed by atoms with E-state index in [0.29, 0.717) is 0 Å². The predicted octanol–water partition coefficient (Wildman–Crippen LogP) is 6.13. The number of unbranched alkanes of at least 4 members (excludes halogenated alkanes) is 4. The molecule has 20 heavy (non-hydrogen) atoms. The maximum Gasteiger partial charge on any atom is 0.00387 e. The molecule has 1 unspecified atom stereocenters. The number of hydrogen-bond donors (Lipinski definition) is 0. The highest BCUT2D eigenvalue weighted by atomic mass is 15.1. The first-order valence-electron chi connectivity index (χ1n) is 9.21. The Morgan fingerprint density at radius 3 is 2.10 bits per heavy atom. The zero-order valence-corrected chi connectivity index (χ0v) is 15.3. The second-order valence-electron chi connectivity index (χ2n) is 7.43. The van der Waals surface area contributed by atoms with Gasteiger partial charge in [0.15, 0.2) is 0 Å². The third kappa shape index (κ3) is 11.8. The first-order chi connectivity index (χ1) is 9.47. The van der Waals surface area contributed by atoms with Gasteiger partial charge in [0.2, 0.25) is 0 Å². The Kier molecular flexibility index (Phi) is 12.7. The van der Waals surface area contributed by atoms with Gasteiger partial charge in [0.25, 0.3) is 0 Å². The van der Waals surface area contributed by atoms with E-state index in [2.05, 4.69) is 46.4 Å². The molecule has 1 aliphatic heterocycles. The summed E-state index contributed by atoms with van der Waals surface area (Å²) in [6.07, 6.45) is 11.4. The Morgan fingerprint density at radius 1 is 1.00 bits per heavy atom. The van der Waals surface area contributed by atoms with Crippen molar-refractivity contribution in [1.82, 2.24) is 4.90 Å². The second-order valence-corrected chi connectivity index (χ2v) is 7.43. The zero-order chi connectivity index (χ0) is 15.4. The lowest BCUT2D eigenvalue weighted by Crippen LogP contribution is -2.38. The molecule has 0 N–H and O–H groups in total. The summed E-state index contributed by atoms with van der Waals surface area (Å²) in [6.45, 7) is 16.5. The molecule has 0 radical (unpaired) electrons. The largest absolute Gasteiger partial charge is 0.301 e. The average Bonchev–Trinajstić information content (AvgIpc) is 2.39. The molecule has 122 valence electrons. The van der Waals surface area contributed by atoms with Crippen molar-refractivity contribution in [1.29, 1.82) is 0 Å². The molecule has 1 heteroatoms. The van der Waals surface area contributed by atoms with Crippen LogP contribution in [0.25, 0.3) is 0 Å². The van der Waals surface area contributed by atoms with Crippen molar-refractivity contribution >= 4 is 0 Å². The number of nitrogens with zero attached hydrogens (tertiary/aromatic N) is 1. The molecule has 0 aromatic heterocycles. The zero-order valence-electron chi connectivity index (χ0n) is 15.3. The Morgan fingerprint density at radius 2 is 1.65 bits per heavy atom. The lowest BCUT2D eigenvalue weighted by Gasteiger charge is -2.33. The van der Waals surface area contributed by atoms with Gasteiger partial charge in [0.05, 0.1) is 0 Å². The van der Waals surface area contributed by atoms with E-state index in [1.807, 2.05) is 0 Å². The Balaban J connectivity index is 0.000000361. The fourth-order valence-electron chi connectivity index (χ4n) is 2.85. The molecule has 0 amide bonds. The van der Waals surface area contributed by atoms with Gasteiger partial charge in [-0.1, -0.05) is 66.2 Å². The second kappa shape index (κ2) is 12.7. The predicted molar refractivity (Wildman–Crippen MR) is 93.3 cm³/mol. The Hall–Kier alpha value is -0.0400. The summed E-state index contributed by atoms with van der Waals surface area (Å²) in [5, 5.41) is 0. The number of hydrogen-bond acceptors (Lipinski definition) is 1. The third-order valence-electron chi connectivity index (χ3n) is 4.30. The molecule has 0 aromatic carbocycles. The molecule has 1 rings (SSSR count). The molecular weight excluding hydrogens is 242 g/mol. The van der Waals surface area contributed by atoms with E-state index in [1.165, 1.54) is 64.5 Å². The van der Waals surface area contributed by atoms with Crippen LogP contribution in [-0.4, -0.2) is 24.0 Å². The molecule has 1 saturated heterocycles. The fourth-order valence-corrected chi connectivity index (χ4v) is 2.85. The highest BCUT2D eigenvalue weighted by Gasteiger charge is 2.17. The minimum atomic E-state index is 0.753. The van der Waals surface area contributed by atoms with Crippen LogP contribution in [0.15, 0.2) is 0 Å². The van der Waals surface area contributed by atoms with Gasteiger partial charge in [-0.05, 0) is 45.1 Å². The highest BCUT2D eigenvalue weighted by Crippen LogP contribution is 2.16. The summed E-state index contributed by atoms with van der Waals surface area (Å²) >= 11 is 0. The number of piperidine rings is 1. The van der Waals surface area contributed by atoms with Gasteiger partial charge < -0.3 is 4.90 Å². The van der Waals surface area contributed by atoms with Crippen molar-refractivity contribution in [2.45, 2.75) is 99.0 Å². The van der Waals surface area contributed by atoms with Gasteiger partial charge >= 0.3 is 0 Å². The lowest BCUT2D eigenvalue weighted by molar-refractivity contribution is 0.147. The summed E-state index contributed by atoms with van der Waals surface area (Å²) in [5.41, 5.74) is 0. The molecule has 1 heterocycles. The van der Waals surface area contributed by atoms with Gasteiger partial charge in [-0.25, -0.2) is 0 Å². The molecule has 0 aromatic rings. The van der Waals surface area contributed by atoms with Crippen molar-refractivity contribution in [3.05, 3.63) is 0 Å². The lowest BCUT2D eigenvalue weighted by atomic mass is 9.99. The summed E-state index contributed by atoms with van der Waals surface area (Å²) in [6, 6.07) is 0.753. The van der Waals surface area contributed by atoms with Gasteiger partial charge in [-0.2, -0.15) is 0 Å². The molecule has 0 spiro atoms. The molecule has 1 aliphatic rings. The first kappa shape index (κ1) is 20.0. The number of likely N-dealkylation sites (tertiary alicyclic amines) is 1. The van der Waals surface area contributed by atoms with Crippen molar-refractivity contribution in [2.75, 3.05) is 13.1 Å². The van der Waals surface area contributed by atoms with Crippen molar-refractivity contribution < 1.29 is 0 Å². The van der Waals surface area contributed by atoms with Crippen LogP contribution in [0.5, 0.6) is 0 Å². The van der Waals surface area contributed by atoms with Gasteiger partial charge in [-0.15, -0.1) is 0 Å². The van der Waals surface area contributed by atoms with Crippen LogP contribution in [0.1, 0.15) is 92.9 Å². The summed E-state index contributed by atoms with van der Waals surface area (Å²) in [7, 11) is 0. The van der Waals surface area contributed by atoms with E-state index in [4.69, 9.17) is 0 Å². The van der Waals surface area contributed by atoms with Crippen LogP contribution in [0.2, 0.25) is 0 Å². The SMILES string of the molecule is CC1CCCN(C(C)C)C1.CCCCCCCC(C)C. The molecule has 1 atom stereocenters. The minimum absolute atomic E-state index is 0.753. The highest BCUT2D eigenvalue weighted by molar-refractivity contribution is 4.72. The normalized spacial score (nSPS) is 20.1. The Bertz CT molecular complexity index is 198. The minimum Gasteiger partial charge on any atom is -0.301 e. The van der Waals surface area contributed by atoms with Gasteiger partial charge in [0.1, 0.15) is 0 Å². The maximum atomic E-state index is 2.58. The summed E-state index contributed by atoms with van der Waals surface area (Å²) in [5.74, 6) is 1.83. The van der Waals surface area contributed by atoms with E-state index >= 15 is 0 Å². The smallest absolute Gasteiger partial charge is 0.00387 e. The standard InChI is InChI=1S/C10H22.C9H19N/c1-4-5-6-7-8-9-10(2)3;1-8(2)10-6-4-5-9(3)7-10/h10H,4-9H2,1-3H3;8-9H,4-7H2,1-3H3. The number of rotatable bonds is 7. The van der Waals surface area contributed by atoms with Crippen molar-refractivity contribution in [2.24, 2.45) is 11.8 Å². The molecule has 0 bridgehead atoms. The van der Waals surface area contributed by atoms with E-state index in [0.717, 1.165) is 17.9 Å². The average molecular weight is 284 g/mol. The fraction of sp³-hybridized carbons (Fsp3) is 1.00. The van der Waals surface area contributed by atoms with Crippen LogP contribution < -0.4 is 0 Å². The quantitative estimate of drug-likeness (QED) is 0.508. The molecule has 0 saturated carbocycles. The van der Waals surface area contributed by atoms with Crippen LogP contribution in [0.3, 0.4) is 0 Å². The van der Waals surface area contributed by atoms with Gasteiger partial charge in [-0.3, -0.25) is 0 Å². The van der Waals surface area contributed by atoms with Crippen LogP contribution >= 0.6 is 0 Å². The van der Waals surface area contributed by atoms with E-state index in [1.54, 1.807) is 0 Å². The van der Waals surface area contributed by atoms with Gasteiger partial charge in [0, 0.05) is 12.6 Å². The topological polar surface area (TPSA) is 3.24 Å². The Labute approximate surface area is 129 Å². The summed E-state index contributed by atoms with van der Waals surface area (Å²) in [4.78, 5) is 2.58. The molecular formula is C19H41N. The van der Waals surface area contributed by atoms with Crippen molar-refractivity contribution in [3.63, 3.8) is 0 Å². The molecule has 1 nitrogen and oxygen atoms in total. The summed E-state index contributed by atoms with van der Waals surface area (Å²) < 4.78 is 0. The van der Waals surface area contributed by atoms with Crippen LogP contribution in [0.4, 0.5) is 0 Å². The maximum absolute atomic E-state index is 2.58. The third-order valence-corrected chi connectivity index (χ3v) is 4.30. The van der Waals surface area contributed by atoms with Crippen LogP contribution in [0, 0.1) is 11.8 Å².